The fourth-order valence-electron chi connectivity index (χ4n) is 3.50. The molecule has 0 aliphatic carbocycles. The third kappa shape index (κ3) is 5.12. The molecule has 2 saturated heterocycles. The molecule has 0 amide bonds. The molecular formula is C19H32N2. The number of hydrogen-bond acceptors (Lipinski definition) is 2. The second-order valence-electron chi connectivity index (χ2n) is 6.49. The van der Waals surface area contributed by atoms with E-state index in [0.29, 0.717) is 0 Å². The van der Waals surface area contributed by atoms with E-state index in [2.05, 4.69) is 34.1 Å². The molecule has 0 unspecified atom stereocenters. The van der Waals surface area contributed by atoms with Crippen molar-refractivity contribution in [2.45, 2.75) is 59.0 Å². The van der Waals surface area contributed by atoms with Crippen molar-refractivity contribution in [3.63, 3.8) is 0 Å². The molecule has 0 saturated carbocycles. The fourth-order valence-corrected chi connectivity index (χ4v) is 3.50. The SMILES string of the molecule is C.c1cc(CN2CCCCC2)ccc1CN1CCCCC1. The first-order valence-electron chi connectivity index (χ1n) is 8.43. The molecule has 0 atom stereocenters. The first-order valence-corrected chi connectivity index (χ1v) is 8.43. The summed E-state index contributed by atoms with van der Waals surface area (Å²) < 4.78 is 0. The van der Waals surface area contributed by atoms with Crippen molar-refractivity contribution in [1.29, 1.82) is 0 Å². The van der Waals surface area contributed by atoms with Gasteiger partial charge in [0.1, 0.15) is 0 Å². The average molecular weight is 288 g/mol. The van der Waals surface area contributed by atoms with Crippen molar-refractivity contribution in [2.75, 3.05) is 26.2 Å². The van der Waals surface area contributed by atoms with E-state index in [4.69, 9.17) is 0 Å². The molecule has 2 heteroatoms. The highest BCUT2D eigenvalue weighted by atomic mass is 15.1. The van der Waals surface area contributed by atoms with E-state index in [1.165, 1.54) is 75.8 Å². The number of benzene rings is 1. The molecule has 3 rings (SSSR count). The molecule has 2 aliphatic rings. The highest BCUT2D eigenvalue weighted by Gasteiger charge is 2.12. The van der Waals surface area contributed by atoms with Crippen LogP contribution in [0.4, 0.5) is 0 Å². The first-order chi connectivity index (χ1) is 9.90. The van der Waals surface area contributed by atoms with Gasteiger partial charge in [0.15, 0.2) is 0 Å². The molecule has 0 bridgehead atoms. The van der Waals surface area contributed by atoms with Crippen LogP contribution in [0.25, 0.3) is 0 Å². The second kappa shape index (κ2) is 8.55. The Bertz CT molecular complexity index is 348. The Morgan fingerprint density at radius 3 is 1.24 bits per heavy atom. The molecule has 118 valence electrons. The van der Waals surface area contributed by atoms with Crippen LogP contribution in [0.15, 0.2) is 24.3 Å². The molecule has 21 heavy (non-hydrogen) atoms. The Morgan fingerprint density at radius 1 is 0.571 bits per heavy atom. The van der Waals surface area contributed by atoms with E-state index in [0.717, 1.165) is 13.1 Å². The summed E-state index contributed by atoms with van der Waals surface area (Å²) in [5, 5.41) is 0. The van der Waals surface area contributed by atoms with Gasteiger partial charge in [0.05, 0.1) is 0 Å². The molecule has 1 aromatic carbocycles. The fraction of sp³-hybridized carbons (Fsp3) is 0.684. The van der Waals surface area contributed by atoms with Crippen LogP contribution in [0.5, 0.6) is 0 Å². The van der Waals surface area contributed by atoms with Crippen molar-refractivity contribution in [3.8, 4) is 0 Å². The van der Waals surface area contributed by atoms with Crippen molar-refractivity contribution in [3.05, 3.63) is 35.4 Å². The number of nitrogens with zero attached hydrogens (tertiary/aromatic N) is 2. The summed E-state index contributed by atoms with van der Waals surface area (Å²) in [5.74, 6) is 0. The molecular weight excluding hydrogens is 256 g/mol. The minimum Gasteiger partial charge on any atom is -0.299 e. The summed E-state index contributed by atoms with van der Waals surface area (Å²) in [7, 11) is 0. The number of piperidine rings is 2. The van der Waals surface area contributed by atoms with Gasteiger partial charge in [-0.2, -0.15) is 0 Å². The number of rotatable bonds is 4. The van der Waals surface area contributed by atoms with E-state index >= 15 is 0 Å². The van der Waals surface area contributed by atoms with Crippen molar-refractivity contribution >= 4 is 0 Å². The minimum absolute atomic E-state index is 0. The molecule has 0 radical (unpaired) electrons. The van der Waals surface area contributed by atoms with Crippen molar-refractivity contribution in [2.24, 2.45) is 0 Å². The molecule has 0 N–H and O–H groups in total. The Balaban J connectivity index is 0.00000161. The smallest absolute Gasteiger partial charge is 0.0233 e. The first kappa shape index (κ1) is 16.5. The van der Waals surface area contributed by atoms with Gasteiger partial charge in [0.25, 0.3) is 0 Å². The summed E-state index contributed by atoms with van der Waals surface area (Å²) >= 11 is 0. The topological polar surface area (TPSA) is 6.48 Å². The van der Waals surface area contributed by atoms with E-state index < -0.39 is 0 Å². The maximum absolute atomic E-state index is 2.60. The Hall–Kier alpha value is -0.860. The van der Waals surface area contributed by atoms with Crippen molar-refractivity contribution in [1.82, 2.24) is 9.80 Å². The lowest BCUT2D eigenvalue weighted by Gasteiger charge is -2.27. The highest BCUT2D eigenvalue weighted by Crippen LogP contribution is 2.16. The Labute approximate surface area is 131 Å². The van der Waals surface area contributed by atoms with Crippen LogP contribution >= 0.6 is 0 Å². The Kier molecular flexibility index (Phi) is 6.72. The zero-order valence-electron chi connectivity index (χ0n) is 12.7. The summed E-state index contributed by atoms with van der Waals surface area (Å²) in [6.07, 6.45) is 8.37. The third-order valence-electron chi connectivity index (χ3n) is 4.73. The number of hydrogen-bond donors (Lipinski definition) is 0. The summed E-state index contributed by atoms with van der Waals surface area (Å²) in [5.41, 5.74) is 2.96. The highest BCUT2D eigenvalue weighted by molar-refractivity contribution is 5.22. The quantitative estimate of drug-likeness (QED) is 0.815. The summed E-state index contributed by atoms with van der Waals surface area (Å²) in [6, 6.07) is 9.36. The largest absolute Gasteiger partial charge is 0.299 e. The number of likely N-dealkylation sites (tertiary alicyclic amines) is 2. The van der Waals surface area contributed by atoms with E-state index in [1.807, 2.05) is 0 Å². The van der Waals surface area contributed by atoms with Gasteiger partial charge in [0, 0.05) is 13.1 Å². The van der Waals surface area contributed by atoms with E-state index in [9.17, 15) is 0 Å². The lowest BCUT2D eigenvalue weighted by Crippen LogP contribution is -2.29. The predicted molar refractivity (Wildman–Crippen MR) is 91.4 cm³/mol. The van der Waals surface area contributed by atoms with Crippen LogP contribution in [0.3, 0.4) is 0 Å². The maximum Gasteiger partial charge on any atom is 0.0233 e. The lowest BCUT2D eigenvalue weighted by molar-refractivity contribution is 0.219. The molecule has 0 spiro atoms. The molecule has 0 aromatic heterocycles. The van der Waals surface area contributed by atoms with Crippen LogP contribution in [0, 0.1) is 0 Å². The van der Waals surface area contributed by atoms with Crippen LogP contribution in [-0.4, -0.2) is 36.0 Å². The van der Waals surface area contributed by atoms with Gasteiger partial charge in [-0.3, -0.25) is 9.80 Å². The molecule has 1 aromatic rings. The van der Waals surface area contributed by atoms with Gasteiger partial charge in [-0.25, -0.2) is 0 Å². The van der Waals surface area contributed by atoms with Crippen LogP contribution < -0.4 is 0 Å². The Morgan fingerprint density at radius 2 is 0.905 bits per heavy atom. The van der Waals surface area contributed by atoms with Crippen LogP contribution in [0.2, 0.25) is 0 Å². The van der Waals surface area contributed by atoms with Gasteiger partial charge >= 0.3 is 0 Å². The van der Waals surface area contributed by atoms with Gasteiger partial charge in [-0.1, -0.05) is 44.5 Å². The molecule has 2 aliphatic heterocycles. The maximum atomic E-state index is 2.60. The zero-order valence-corrected chi connectivity index (χ0v) is 12.7. The van der Waals surface area contributed by atoms with Gasteiger partial charge < -0.3 is 0 Å². The van der Waals surface area contributed by atoms with Crippen LogP contribution in [-0.2, 0) is 13.1 Å². The molecule has 2 fully saturated rings. The zero-order chi connectivity index (χ0) is 13.6. The lowest BCUT2D eigenvalue weighted by atomic mass is 10.1. The normalized spacial score (nSPS) is 21.0. The predicted octanol–water partition coefficient (Wildman–Crippen LogP) is 4.29. The van der Waals surface area contributed by atoms with Gasteiger partial charge in [0.2, 0.25) is 0 Å². The minimum atomic E-state index is 0. The summed E-state index contributed by atoms with van der Waals surface area (Å²) in [4.78, 5) is 5.20. The van der Waals surface area contributed by atoms with Gasteiger partial charge in [-0.05, 0) is 63.0 Å². The van der Waals surface area contributed by atoms with E-state index in [-0.39, 0.29) is 7.43 Å². The second-order valence-corrected chi connectivity index (χ2v) is 6.49. The van der Waals surface area contributed by atoms with Crippen molar-refractivity contribution < 1.29 is 0 Å². The van der Waals surface area contributed by atoms with E-state index in [1.54, 1.807) is 0 Å². The van der Waals surface area contributed by atoms with Gasteiger partial charge in [-0.15, -0.1) is 0 Å². The standard InChI is InChI=1S/C18H28N2.CH4/c1-3-11-19(12-4-1)15-17-7-9-18(10-8-17)16-20-13-5-2-6-14-20;/h7-10H,1-6,11-16H2;1H4. The third-order valence-corrected chi connectivity index (χ3v) is 4.73. The average Bonchev–Trinajstić information content (AvgIpc) is 2.51. The summed E-state index contributed by atoms with van der Waals surface area (Å²) in [6.45, 7) is 7.43. The van der Waals surface area contributed by atoms with Crippen LogP contribution in [0.1, 0.15) is 57.1 Å². The molecule has 2 heterocycles. The monoisotopic (exact) mass is 288 g/mol. The molecule has 2 nitrogen and oxygen atoms in total.